The number of carbonyl (C=O) groups excluding carboxylic acids is 2. The number of amides is 2. The molecule has 30 heavy (non-hydrogen) atoms. The molecule has 0 radical (unpaired) electrons. The number of nitrogens with zero attached hydrogens (tertiary/aromatic N) is 2. The van der Waals surface area contributed by atoms with Gasteiger partial charge in [0, 0.05) is 12.6 Å². The molecule has 1 fully saturated rings. The molecule has 0 saturated carbocycles. The second-order valence-corrected chi connectivity index (χ2v) is 10.3. The second kappa shape index (κ2) is 10.4. The summed E-state index contributed by atoms with van der Waals surface area (Å²) in [5, 5.41) is 12.3. The first-order chi connectivity index (χ1) is 13.7. The number of likely N-dealkylation sites (tertiary alicyclic amines) is 1. The van der Waals surface area contributed by atoms with Gasteiger partial charge in [0.05, 0.1) is 12.1 Å². The number of carbonyl (C=O) groups is 3. The Labute approximate surface area is 181 Å². The monoisotopic (exact) mass is 423 g/mol. The maximum atomic E-state index is 13.5. The highest BCUT2D eigenvalue weighted by Gasteiger charge is 2.39. The summed E-state index contributed by atoms with van der Waals surface area (Å²) in [5.41, 5.74) is -0.296. The number of nitrogens with one attached hydrogen (secondary N) is 1. The number of aliphatic carboxylic acids is 1. The molecule has 2 amide bonds. The van der Waals surface area contributed by atoms with Crippen LogP contribution in [0.5, 0.6) is 0 Å². The molecular weight excluding hydrogens is 382 g/mol. The maximum absolute atomic E-state index is 13.5. The van der Waals surface area contributed by atoms with Crippen LogP contribution in [0.25, 0.3) is 0 Å². The minimum atomic E-state index is -1.00. The van der Waals surface area contributed by atoms with Gasteiger partial charge in [0.15, 0.2) is 0 Å². The zero-order valence-electron chi connectivity index (χ0n) is 20.2. The minimum Gasteiger partial charge on any atom is -0.478 e. The third kappa shape index (κ3) is 6.83. The van der Waals surface area contributed by atoms with Crippen molar-refractivity contribution in [3.63, 3.8) is 0 Å². The highest BCUT2D eigenvalue weighted by molar-refractivity contribution is 5.91. The molecule has 1 aliphatic heterocycles. The summed E-state index contributed by atoms with van der Waals surface area (Å²) < 4.78 is 0. The molecule has 0 aromatic heterocycles. The van der Waals surface area contributed by atoms with Gasteiger partial charge in [-0.3, -0.25) is 14.5 Å². The number of rotatable bonds is 7. The van der Waals surface area contributed by atoms with Gasteiger partial charge in [-0.15, -0.1) is 0 Å². The van der Waals surface area contributed by atoms with Gasteiger partial charge in [-0.05, 0) is 50.6 Å². The summed E-state index contributed by atoms with van der Waals surface area (Å²) in [5.74, 6) is -0.844. The van der Waals surface area contributed by atoms with Crippen molar-refractivity contribution in [1.29, 1.82) is 0 Å². The smallest absolute Gasteiger partial charge is 0.331 e. The lowest BCUT2D eigenvalue weighted by molar-refractivity contribution is -0.141. The van der Waals surface area contributed by atoms with Crippen LogP contribution >= 0.6 is 0 Å². The summed E-state index contributed by atoms with van der Waals surface area (Å²) in [6, 6.07) is -1.33. The van der Waals surface area contributed by atoms with Crippen LogP contribution in [-0.4, -0.2) is 71.5 Å². The van der Waals surface area contributed by atoms with Crippen LogP contribution in [0.4, 0.5) is 0 Å². The molecule has 0 aromatic rings. The van der Waals surface area contributed by atoms with E-state index in [0.717, 1.165) is 19.4 Å². The van der Waals surface area contributed by atoms with Crippen LogP contribution in [0.3, 0.4) is 0 Å². The van der Waals surface area contributed by atoms with Gasteiger partial charge < -0.3 is 15.3 Å². The van der Waals surface area contributed by atoms with Crippen LogP contribution in [0, 0.1) is 17.3 Å². The fourth-order valence-corrected chi connectivity index (χ4v) is 3.88. The van der Waals surface area contributed by atoms with E-state index < -0.39 is 17.4 Å². The Bertz CT molecular complexity index is 666. The Balaban J connectivity index is 3.12. The van der Waals surface area contributed by atoms with E-state index in [9.17, 15) is 19.5 Å². The molecular formula is C23H41N3O4. The predicted molar refractivity (Wildman–Crippen MR) is 119 cm³/mol. The largest absolute Gasteiger partial charge is 0.478 e. The number of carboxylic acid groups (broad SMARTS) is 1. The molecule has 4 atom stereocenters. The number of hydrogen-bond donors (Lipinski definition) is 2. The summed E-state index contributed by atoms with van der Waals surface area (Å²) in [6.07, 6.45) is 3.46. The van der Waals surface area contributed by atoms with Crippen molar-refractivity contribution < 1.29 is 19.5 Å². The molecule has 172 valence electrons. The summed E-state index contributed by atoms with van der Waals surface area (Å²) in [7, 11) is 3.63. The fraction of sp³-hybridized carbons (Fsp3) is 0.783. The summed E-state index contributed by atoms with van der Waals surface area (Å²) in [6.45, 7) is 14.2. The molecule has 0 aliphatic carbocycles. The average Bonchev–Trinajstić information content (AvgIpc) is 2.63. The second-order valence-electron chi connectivity index (χ2n) is 10.3. The van der Waals surface area contributed by atoms with Crippen molar-refractivity contribution in [3.05, 3.63) is 11.6 Å². The van der Waals surface area contributed by atoms with Crippen LogP contribution in [0.1, 0.15) is 61.3 Å². The van der Waals surface area contributed by atoms with Gasteiger partial charge in [0.25, 0.3) is 0 Å². The molecule has 7 nitrogen and oxygen atoms in total. The van der Waals surface area contributed by atoms with E-state index in [4.69, 9.17) is 0 Å². The lowest BCUT2D eigenvalue weighted by atomic mass is 9.84. The quantitative estimate of drug-likeness (QED) is 0.615. The zero-order valence-corrected chi connectivity index (χ0v) is 20.2. The van der Waals surface area contributed by atoms with Gasteiger partial charge in [0.2, 0.25) is 11.8 Å². The molecule has 1 rings (SSSR count). The van der Waals surface area contributed by atoms with Gasteiger partial charge in [-0.2, -0.15) is 0 Å². The van der Waals surface area contributed by atoms with Gasteiger partial charge in [0.1, 0.15) is 6.04 Å². The lowest BCUT2D eigenvalue weighted by Crippen LogP contribution is -2.60. The number of hydrogen-bond acceptors (Lipinski definition) is 4. The Morgan fingerprint density at radius 2 is 1.80 bits per heavy atom. The Morgan fingerprint density at radius 3 is 2.27 bits per heavy atom. The summed E-state index contributed by atoms with van der Waals surface area (Å²) in [4.78, 5) is 41.5. The van der Waals surface area contributed by atoms with E-state index >= 15 is 0 Å². The topological polar surface area (TPSA) is 90.0 Å². The summed E-state index contributed by atoms with van der Waals surface area (Å²) >= 11 is 0. The standard InChI is InChI=1S/C23H41N3O4/c1-14(2)17(13-16(4)22(29)30)26(9)21(28)19(23(5,6)7)24-20(27)18-12-15(3)10-11-25(18)8/h13-15,17-19H,10-12H2,1-9H3,(H,24,27)(H,29,30)/b16-13+/t15-,17-,18+,19-/m1/s1. The van der Waals surface area contributed by atoms with Crippen molar-refractivity contribution in [2.24, 2.45) is 17.3 Å². The van der Waals surface area contributed by atoms with Gasteiger partial charge in [-0.25, -0.2) is 4.79 Å². The molecule has 0 unspecified atom stereocenters. The number of piperidine rings is 1. The first-order valence-electron chi connectivity index (χ1n) is 10.9. The molecule has 1 aliphatic rings. The van der Waals surface area contributed by atoms with Crippen LogP contribution in [0.2, 0.25) is 0 Å². The maximum Gasteiger partial charge on any atom is 0.331 e. The first-order valence-corrected chi connectivity index (χ1v) is 10.9. The predicted octanol–water partition coefficient (Wildman–Crippen LogP) is 2.76. The van der Waals surface area contributed by atoms with Crippen molar-refractivity contribution in [2.75, 3.05) is 20.6 Å². The average molecular weight is 424 g/mol. The van der Waals surface area contributed by atoms with E-state index in [2.05, 4.69) is 17.1 Å². The van der Waals surface area contributed by atoms with E-state index in [-0.39, 0.29) is 35.4 Å². The molecule has 0 aromatic carbocycles. The van der Waals surface area contributed by atoms with E-state index in [0.29, 0.717) is 5.92 Å². The fourth-order valence-electron chi connectivity index (χ4n) is 3.88. The molecule has 1 heterocycles. The molecule has 0 bridgehead atoms. The molecule has 0 spiro atoms. The first kappa shape index (κ1) is 26.1. The normalized spacial score (nSPS) is 23.1. The highest BCUT2D eigenvalue weighted by atomic mass is 16.4. The van der Waals surface area contributed by atoms with Gasteiger partial charge in [-0.1, -0.05) is 47.6 Å². The van der Waals surface area contributed by atoms with Crippen LogP contribution in [0.15, 0.2) is 11.6 Å². The van der Waals surface area contributed by atoms with Crippen molar-refractivity contribution in [1.82, 2.24) is 15.1 Å². The van der Waals surface area contributed by atoms with E-state index in [1.165, 1.54) is 6.92 Å². The van der Waals surface area contributed by atoms with E-state index in [1.54, 1.807) is 18.0 Å². The third-order valence-electron chi connectivity index (χ3n) is 6.07. The number of carboxylic acids is 1. The zero-order chi connectivity index (χ0) is 23.4. The van der Waals surface area contributed by atoms with Gasteiger partial charge >= 0.3 is 5.97 Å². The Morgan fingerprint density at radius 1 is 1.23 bits per heavy atom. The van der Waals surface area contributed by atoms with E-state index in [1.807, 2.05) is 41.7 Å². The number of likely N-dealkylation sites (N-methyl/N-ethyl adjacent to an activating group) is 2. The Kier molecular flexibility index (Phi) is 9.08. The van der Waals surface area contributed by atoms with Crippen molar-refractivity contribution in [2.45, 2.75) is 79.4 Å². The molecule has 7 heteroatoms. The molecule has 2 N–H and O–H groups in total. The van der Waals surface area contributed by atoms with Crippen molar-refractivity contribution in [3.8, 4) is 0 Å². The third-order valence-corrected chi connectivity index (χ3v) is 6.07. The Hall–Kier alpha value is -1.89. The molecule has 1 saturated heterocycles. The highest BCUT2D eigenvalue weighted by Crippen LogP contribution is 2.26. The van der Waals surface area contributed by atoms with Crippen molar-refractivity contribution >= 4 is 17.8 Å². The van der Waals surface area contributed by atoms with Crippen LogP contribution < -0.4 is 5.32 Å². The lowest BCUT2D eigenvalue weighted by Gasteiger charge is -2.40. The van der Waals surface area contributed by atoms with Crippen LogP contribution in [-0.2, 0) is 14.4 Å². The SMILES string of the molecule is C/C(=C\[C@H](C(C)C)N(C)C(=O)[C@@H](NC(=O)[C@@H]1C[C@H](C)CCN1C)C(C)(C)C)C(=O)O. The minimum absolute atomic E-state index is 0.0231.